The first-order valence-electron chi connectivity index (χ1n) is 4.83. The molecule has 0 amide bonds. The van der Waals surface area contributed by atoms with E-state index in [4.69, 9.17) is 0 Å². The number of hydrogen-bond acceptors (Lipinski definition) is 3. The molecule has 1 N–H and O–H groups in total. The summed E-state index contributed by atoms with van der Waals surface area (Å²) in [6.07, 6.45) is 2.78. The minimum atomic E-state index is -0.247. The SMILES string of the molecule is CC(=O)c1ccccc1-c1cnc[nH]c1=O. The predicted molar refractivity (Wildman–Crippen MR) is 60.3 cm³/mol. The molecule has 0 radical (unpaired) electrons. The number of nitrogens with one attached hydrogen (secondary N) is 1. The number of hydrogen-bond donors (Lipinski definition) is 1. The standard InChI is InChI=1S/C12H10N2O2/c1-8(15)9-4-2-3-5-10(9)11-6-13-7-14-12(11)16/h2-7H,1H3,(H,13,14,16). The minimum Gasteiger partial charge on any atom is -0.313 e. The van der Waals surface area contributed by atoms with Gasteiger partial charge in [0, 0.05) is 11.8 Å². The zero-order valence-corrected chi connectivity index (χ0v) is 8.73. The van der Waals surface area contributed by atoms with Crippen LogP contribution in [0.5, 0.6) is 0 Å². The van der Waals surface area contributed by atoms with Gasteiger partial charge < -0.3 is 4.98 Å². The van der Waals surface area contributed by atoms with Crippen molar-refractivity contribution in [3.63, 3.8) is 0 Å². The molecule has 2 aromatic rings. The monoisotopic (exact) mass is 214 g/mol. The number of benzene rings is 1. The quantitative estimate of drug-likeness (QED) is 0.773. The lowest BCUT2D eigenvalue weighted by Crippen LogP contribution is -2.10. The van der Waals surface area contributed by atoms with E-state index in [0.717, 1.165) is 0 Å². The van der Waals surface area contributed by atoms with Crippen molar-refractivity contribution in [1.82, 2.24) is 9.97 Å². The molecular formula is C12H10N2O2. The maximum atomic E-state index is 11.6. The molecule has 0 saturated carbocycles. The Labute approximate surface area is 92.0 Å². The molecule has 0 aliphatic carbocycles. The van der Waals surface area contributed by atoms with Gasteiger partial charge in [-0.25, -0.2) is 4.98 Å². The van der Waals surface area contributed by atoms with E-state index in [-0.39, 0.29) is 11.3 Å². The Kier molecular flexibility index (Phi) is 2.64. The number of H-pyrrole nitrogens is 1. The second kappa shape index (κ2) is 4.10. The number of ketones is 1. The first-order chi connectivity index (χ1) is 7.70. The molecule has 0 fully saturated rings. The van der Waals surface area contributed by atoms with Gasteiger partial charge in [-0.3, -0.25) is 9.59 Å². The summed E-state index contributed by atoms with van der Waals surface area (Å²) in [5, 5.41) is 0. The highest BCUT2D eigenvalue weighted by molar-refractivity contribution is 6.00. The third-order valence-electron chi connectivity index (χ3n) is 2.31. The van der Waals surface area contributed by atoms with Crippen molar-refractivity contribution < 1.29 is 4.79 Å². The van der Waals surface area contributed by atoms with Crippen molar-refractivity contribution in [2.24, 2.45) is 0 Å². The van der Waals surface area contributed by atoms with Crippen molar-refractivity contribution in [3.05, 3.63) is 52.7 Å². The zero-order chi connectivity index (χ0) is 11.5. The van der Waals surface area contributed by atoms with E-state index in [1.165, 1.54) is 19.4 Å². The van der Waals surface area contributed by atoms with Gasteiger partial charge in [-0.05, 0) is 12.5 Å². The van der Waals surface area contributed by atoms with E-state index >= 15 is 0 Å². The van der Waals surface area contributed by atoms with Crippen LogP contribution < -0.4 is 5.56 Å². The molecule has 0 aliphatic rings. The summed E-state index contributed by atoms with van der Waals surface area (Å²) < 4.78 is 0. The Morgan fingerprint density at radius 3 is 2.69 bits per heavy atom. The summed E-state index contributed by atoms with van der Waals surface area (Å²) in [4.78, 5) is 29.3. The van der Waals surface area contributed by atoms with Crippen LogP contribution in [0.3, 0.4) is 0 Å². The average Bonchev–Trinajstić information content (AvgIpc) is 2.29. The number of Topliss-reactive ketones (excluding diaryl/α,β-unsaturated/α-hetero) is 1. The van der Waals surface area contributed by atoms with Gasteiger partial charge in [0.1, 0.15) is 0 Å². The second-order valence-electron chi connectivity index (χ2n) is 3.40. The van der Waals surface area contributed by atoms with Gasteiger partial charge in [0.2, 0.25) is 0 Å². The lowest BCUT2D eigenvalue weighted by atomic mass is 10.00. The van der Waals surface area contributed by atoms with Crippen LogP contribution in [0.1, 0.15) is 17.3 Å². The lowest BCUT2D eigenvalue weighted by Gasteiger charge is -2.04. The molecule has 1 aromatic carbocycles. The Bertz CT molecular complexity index is 587. The Balaban J connectivity index is 2.70. The van der Waals surface area contributed by atoms with E-state index in [9.17, 15) is 9.59 Å². The topological polar surface area (TPSA) is 62.8 Å². The van der Waals surface area contributed by atoms with Crippen LogP contribution in [-0.4, -0.2) is 15.8 Å². The van der Waals surface area contributed by atoms with Gasteiger partial charge in [-0.15, -0.1) is 0 Å². The number of nitrogens with zero attached hydrogens (tertiary/aromatic N) is 1. The Hall–Kier alpha value is -2.23. The molecule has 0 unspecified atom stereocenters. The third kappa shape index (κ3) is 1.77. The van der Waals surface area contributed by atoms with Gasteiger partial charge in [0.05, 0.1) is 11.9 Å². The molecule has 4 nitrogen and oxygen atoms in total. The van der Waals surface area contributed by atoms with Crippen LogP contribution in [0.4, 0.5) is 0 Å². The van der Waals surface area contributed by atoms with Crippen LogP contribution in [0.25, 0.3) is 11.1 Å². The first-order valence-corrected chi connectivity index (χ1v) is 4.83. The summed E-state index contributed by atoms with van der Waals surface area (Å²) >= 11 is 0. The van der Waals surface area contributed by atoms with Gasteiger partial charge in [0.15, 0.2) is 5.78 Å². The largest absolute Gasteiger partial charge is 0.313 e. The Morgan fingerprint density at radius 1 is 1.25 bits per heavy atom. The summed E-state index contributed by atoms with van der Waals surface area (Å²) in [6, 6.07) is 6.99. The number of rotatable bonds is 2. The molecular weight excluding hydrogens is 204 g/mol. The molecule has 0 atom stereocenters. The molecule has 0 aliphatic heterocycles. The third-order valence-corrected chi connectivity index (χ3v) is 2.31. The van der Waals surface area contributed by atoms with Crippen molar-refractivity contribution in [2.75, 3.05) is 0 Å². The van der Waals surface area contributed by atoms with Crippen molar-refractivity contribution >= 4 is 5.78 Å². The van der Waals surface area contributed by atoms with Gasteiger partial charge in [-0.2, -0.15) is 0 Å². The molecule has 80 valence electrons. The molecule has 1 aromatic heterocycles. The number of carbonyl (C=O) groups is 1. The molecule has 0 saturated heterocycles. The highest BCUT2D eigenvalue weighted by Crippen LogP contribution is 2.19. The first kappa shape index (κ1) is 10.3. The van der Waals surface area contributed by atoms with E-state index in [1.807, 2.05) is 0 Å². The van der Waals surface area contributed by atoms with Crippen LogP contribution in [0.15, 0.2) is 41.6 Å². The summed E-state index contributed by atoms with van der Waals surface area (Å²) in [7, 11) is 0. The molecule has 1 heterocycles. The van der Waals surface area contributed by atoms with Crippen molar-refractivity contribution in [2.45, 2.75) is 6.92 Å². The van der Waals surface area contributed by atoms with Gasteiger partial charge >= 0.3 is 0 Å². The highest BCUT2D eigenvalue weighted by atomic mass is 16.1. The second-order valence-corrected chi connectivity index (χ2v) is 3.40. The molecule has 0 bridgehead atoms. The van der Waals surface area contributed by atoms with E-state index in [0.29, 0.717) is 16.7 Å². The van der Waals surface area contributed by atoms with E-state index in [1.54, 1.807) is 24.3 Å². The maximum Gasteiger partial charge on any atom is 0.258 e. The van der Waals surface area contributed by atoms with Gasteiger partial charge in [-0.1, -0.05) is 24.3 Å². The minimum absolute atomic E-state index is 0.0705. The number of aromatic amines is 1. The predicted octanol–water partition coefficient (Wildman–Crippen LogP) is 1.64. The number of aromatic nitrogens is 2. The molecule has 4 heteroatoms. The highest BCUT2D eigenvalue weighted by Gasteiger charge is 2.10. The fourth-order valence-corrected chi connectivity index (χ4v) is 1.56. The lowest BCUT2D eigenvalue weighted by molar-refractivity contribution is 0.101. The van der Waals surface area contributed by atoms with Crippen molar-refractivity contribution in [3.8, 4) is 11.1 Å². The van der Waals surface area contributed by atoms with E-state index < -0.39 is 0 Å². The molecule has 0 spiro atoms. The molecule has 2 rings (SSSR count). The molecule has 16 heavy (non-hydrogen) atoms. The van der Waals surface area contributed by atoms with Crippen LogP contribution in [0.2, 0.25) is 0 Å². The number of carbonyl (C=O) groups excluding carboxylic acids is 1. The van der Waals surface area contributed by atoms with E-state index in [2.05, 4.69) is 9.97 Å². The fourth-order valence-electron chi connectivity index (χ4n) is 1.56. The van der Waals surface area contributed by atoms with Crippen LogP contribution in [-0.2, 0) is 0 Å². The summed E-state index contributed by atoms with van der Waals surface area (Å²) in [6.45, 7) is 1.48. The zero-order valence-electron chi connectivity index (χ0n) is 8.73. The van der Waals surface area contributed by atoms with Crippen LogP contribution in [0, 0.1) is 0 Å². The smallest absolute Gasteiger partial charge is 0.258 e. The maximum absolute atomic E-state index is 11.6. The summed E-state index contributed by atoms with van der Waals surface area (Å²) in [5.74, 6) is -0.0705. The normalized spacial score (nSPS) is 10.1. The summed E-state index contributed by atoms with van der Waals surface area (Å²) in [5.41, 5.74) is 1.31. The average molecular weight is 214 g/mol. The van der Waals surface area contributed by atoms with Crippen molar-refractivity contribution in [1.29, 1.82) is 0 Å². The van der Waals surface area contributed by atoms with Gasteiger partial charge in [0.25, 0.3) is 5.56 Å². The Morgan fingerprint density at radius 2 is 2.00 bits per heavy atom. The van der Waals surface area contributed by atoms with Crippen LogP contribution >= 0.6 is 0 Å². The fraction of sp³-hybridized carbons (Fsp3) is 0.0833.